The largest absolute Gasteiger partial charge is 0.510 e. The molecule has 6 rings (SSSR count). The Hall–Kier alpha value is -6.16. The molecule has 0 saturated carbocycles. The quantitative estimate of drug-likeness (QED) is 0.0906. The minimum atomic E-state index is -1.18. The number of carbonyl (C=O) groups is 3. The average Bonchev–Trinajstić information content (AvgIpc) is 4.00. The number of hydrogen-bond acceptors (Lipinski definition) is 9. The van der Waals surface area contributed by atoms with Crippen LogP contribution in [0.1, 0.15) is 143 Å². The third-order valence-corrected chi connectivity index (χ3v) is 13.0. The fourth-order valence-electron chi connectivity index (χ4n) is 9.15. The van der Waals surface area contributed by atoms with Gasteiger partial charge >= 0.3 is 11.9 Å². The van der Waals surface area contributed by atoms with Gasteiger partial charge in [-0.2, -0.15) is 0 Å². The molecule has 0 saturated heterocycles. The molecule has 1 atom stereocenters. The number of aliphatic imine (C=N–C) groups is 3. The molecule has 0 fully saturated rings. The molecule has 0 spiro atoms. The standard InChI is InChI=1S/C55H66N4O6/c1-13-39-34(7)41-29-46-48(38(11)60)36(9)43(57-46)27-42-35(8)40(52(58-42)50-51(55(63)64-12)54(62)49-37(10)44(59-53(49)50)28-45(39)56-41)23-24-47(61)65-26-25-33(6)22-16-21-32(5)20-15-19-31(4)18-14-17-30(2)3/h17,19,21,25,27-29,51,57,62H,13-16,18,20,22-24,26H2,1-12H3/b31-19+,32-21+,33-25+,43-27?,45-28?,46-29?,52-50?/t51-/m1/s1. The van der Waals surface area contributed by atoms with Crippen LogP contribution in [0.4, 0.5) is 0 Å². The van der Waals surface area contributed by atoms with Gasteiger partial charge in [-0.25, -0.2) is 15.0 Å². The number of ketones is 1. The van der Waals surface area contributed by atoms with Crippen LogP contribution in [0.5, 0.6) is 0 Å². The molecule has 1 aliphatic carbocycles. The Bertz CT molecular complexity index is 2770. The number of aromatic amines is 1. The molecule has 0 unspecified atom stereocenters. The molecule has 342 valence electrons. The molecule has 8 bridgehead atoms. The molecule has 65 heavy (non-hydrogen) atoms. The number of aliphatic hydroxyl groups excluding tert-OH is 1. The number of nitrogens with zero attached hydrogens (tertiary/aromatic N) is 3. The summed E-state index contributed by atoms with van der Waals surface area (Å²) < 4.78 is 11.0. The number of aromatic nitrogens is 1. The van der Waals surface area contributed by atoms with Crippen LogP contribution < -0.4 is 10.7 Å². The van der Waals surface area contributed by atoms with Crippen LogP contribution >= 0.6 is 0 Å². The number of methoxy groups -OCH3 is 1. The van der Waals surface area contributed by atoms with Gasteiger partial charge in [-0.1, -0.05) is 47.4 Å². The lowest BCUT2D eigenvalue weighted by molar-refractivity contribution is -0.144. The van der Waals surface area contributed by atoms with Gasteiger partial charge in [-0.3, -0.25) is 14.4 Å². The van der Waals surface area contributed by atoms with Crippen LogP contribution in [0, 0.1) is 12.8 Å². The van der Waals surface area contributed by atoms with E-state index in [1.807, 2.05) is 52.0 Å². The molecule has 1 aromatic heterocycles. The Labute approximate surface area is 384 Å². The maximum absolute atomic E-state index is 13.6. The molecule has 5 heterocycles. The second-order valence-electron chi connectivity index (χ2n) is 18.1. The van der Waals surface area contributed by atoms with Gasteiger partial charge in [0.05, 0.1) is 46.7 Å². The number of aliphatic hydroxyl groups is 1. The zero-order valence-electron chi connectivity index (χ0n) is 40.5. The van der Waals surface area contributed by atoms with E-state index in [4.69, 9.17) is 24.5 Å². The molecule has 10 heteroatoms. The van der Waals surface area contributed by atoms with E-state index in [-0.39, 0.29) is 37.0 Å². The number of carbonyl (C=O) groups excluding carboxylic acids is 3. The molecule has 2 N–H and O–H groups in total. The number of fused-ring (bicyclic) bond motifs is 5. The van der Waals surface area contributed by atoms with Crippen LogP contribution in [0.2, 0.25) is 0 Å². The smallest absolute Gasteiger partial charge is 0.321 e. The maximum Gasteiger partial charge on any atom is 0.321 e. The summed E-state index contributed by atoms with van der Waals surface area (Å²) in [4.78, 5) is 59.0. The first-order valence-corrected chi connectivity index (χ1v) is 23.0. The van der Waals surface area contributed by atoms with E-state index in [9.17, 15) is 19.5 Å². The van der Waals surface area contributed by atoms with E-state index < -0.39 is 11.9 Å². The predicted octanol–water partition coefficient (Wildman–Crippen LogP) is 11.0. The second kappa shape index (κ2) is 20.8. The third kappa shape index (κ3) is 10.5. The Morgan fingerprint density at radius 3 is 1.95 bits per heavy atom. The van der Waals surface area contributed by atoms with Crippen molar-refractivity contribution in [1.82, 2.24) is 4.98 Å². The van der Waals surface area contributed by atoms with Crippen LogP contribution in [-0.4, -0.2) is 58.7 Å². The van der Waals surface area contributed by atoms with Crippen molar-refractivity contribution < 1.29 is 29.0 Å². The first-order valence-electron chi connectivity index (χ1n) is 23.0. The van der Waals surface area contributed by atoms with E-state index in [0.717, 1.165) is 83.4 Å². The highest BCUT2D eigenvalue weighted by atomic mass is 16.5. The first kappa shape index (κ1) is 48.3. The first-order chi connectivity index (χ1) is 30.9. The number of allylic oxidation sites excluding steroid dienone is 14. The summed E-state index contributed by atoms with van der Waals surface area (Å²) in [6.07, 6.45) is 21.8. The van der Waals surface area contributed by atoms with Gasteiger partial charge in [-0.05, 0) is 178 Å². The van der Waals surface area contributed by atoms with Crippen molar-refractivity contribution >= 4 is 47.0 Å². The van der Waals surface area contributed by atoms with Crippen molar-refractivity contribution in [3.05, 3.63) is 136 Å². The monoisotopic (exact) mass is 878 g/mol. The predicted molar refractivity (Wildman–Crippen MR) is 263 cm³/mol. The normalized spacial score (nSPS) is 18.5. The van der Waals surface area contributed by atoms with Crippen LogP contribution in [0.3, 0.4) is 0 Å². The molecule has 0 aromatic carbocycles. The molecule has 10 nitrogen and oxygen atoms in total. The van der Waals surface area contributed by atoms with Crippen molar-refractivity contribution in [3.8, 4) is 0 Å². The van der Waals surface area contributed by atoms with Gasteiger partial charge < -0.3 is 19.6 Å². The highest BCUT2D eigenvalue weighted by molar-refractivity contribution is 6.28. The fraction of sp³-hybridized carbons (Fsp3) is 0.418. The van der Waals surface area contributed by atoms with E-state index in [0.29, 0.717) is 62.2 Å². The van der Waals surface area contributed by atoms with Crippen LogP contribution in [0.15, 0.2) is 130 Å². The summed E-state index contributed by atoms with van der Waals surface area (Å²) in [7, 11) is 1.29. The lowest BCUT2D eigenvalue weighted by atomic mass is 9.92. The molecule has 0 amide bonds. The molecular weight excluding hydrogens is 813 g/mol. The molecular formula is C55H66N4O6. The Balaban J connectivity index is 1.27. The van der Waals surface area contributed by atoms with Crippen LogP contribution in [0.25, 0.3) is 12.2 Å². The number of Topliss-reactive ketones (excluding diaryl/α,β-unsaturated/α-hetero) is 1. The minimum Gasteiger partial charge on any atom is -0.510 e. The summed E-state index contributed by atoms with van der Waals surface area (Å²) in [5.74, 6) is -2.43. The summed E-state index contributed by atoms with van der Waals surface area (Å²) in [5, 5.41) is 13.2. The van der Waals surface area contributed by atoms with Gasteiger partial charge in [0.15, 0.2) is 5.78 Å². The van der Waals surface area contributed by atoms with Gasteiger partial charge in [0, 0.05) is 28.5 Å². The number of hydrogen-bond donors (Lipinski definition) is 2. The number of ether oxygens (including phenoxy) is 2. The lowest BCUT2D eigenvalue weighted by Crippen LogP contribution is -2.21. The number of esters is 2. The lowest BCUT2D eigenvalue weighted by Gasteiger charge is -2.15. The fourth-order valence-corrected chi connectivity index (χ4v) is 9.15. The highest BCUT2D eigenvalue weighted by Gasteiger charge is 2.47. The molecule has 0 radical (unpaired) electrons. The van der Waals surface area contributed by atoms with E-state index >= 15 is 0 Å². The Morgan fingerprint density at radius 2 is 1.34 bits per heavy atom. The van der Waals surface area contributed by atoms with E-state index in [2.05, 4.69) is 64.8 Å². The molecule has 1 aromatic rings. The van der Waals surface area contributed by atoms with Gasteiger partial charge in [0.25, 0.3) is 0 Å². The zero-order valence-corrected chi connectivity index (χ0v) is 40.5. The van der Waals surface area contributed by atoms with E-state index in [1.165, 1.54) is 23.8 Å². The summed E-state index contributed by atoms with van der Waals surface area (Å²) in [6.45, 7) is 22.3. The molecule has 5 aliphatic rings. The number of nitrogens with one attached hydrogen (secondary N) is 1. The van der Waals surface area contributed by atoms with Crippen molar-refractivity contribution in [2.45, 2.75) is 134 Å². The average molecular weight is 879 g/mol. The second-order valence-corrected chi connectivity index (χ2v) is 18.1. The zero-order chi connectivity index (χ0) is 47.3. The highest BCUT2D eigenvalue weighted by Crippen LogP contribution is 2.48. The number of H-pyrrole nitrogens is 1. The maximum atomic E-state index is 13.6. The molecule has 4 aliphatic heterocycles. The summed E-state index contributed by atoms with van der Waals surface area (Å²) in [5.41, 5.74) is 15.4. The third-order valence-electron chi connectivity index (χ3n) is 13.0. The Kier molecular flexibility index (Phi) is 15.4. The SMILES string of the molecule is CCC1=C(C)C2=NC1=CC1=C(C)C3=C(O)[C@H](C(=O)OC)C(=C4N=C(C=c5[nH]c(c(C(C)=O)c5C)=C2)C(C)=C4CCC(=O)OC/C=C(\C)CC/C=C(\C)CC/C=C(\C)CCC=C(C)C)C3=N1. The van der Waals surface area contributed by atoms with E-state index in [1.54, 1.807) is 6.92 Å². The minimum absolute atomic E-state index is 0.0565. The summed E-state index contributed by atoms with van der Waals surface area (Å²) in [6, 6.07) is 0. The van der Waals surface area contributed by atoms with Gasteiger partial charge in [0.1, 0.15) is 18.3 Å². The van der Waals surface area contributed by atoms with Crippen molar-refractivity contribution in [3.63, 3.8) is 0 Å². The van der Waals surface area contributed by atoms with Gasteiger partial charge in [-0.15, -0.1) is 0 Å². The van der Waals surface area contributed by atoms with Gasteiger partial charge in [0.2, 0.25) is 0 Å². The summed E-state index contributed by atoms with van der Waals surface area (Å²) >= 11 is 0. The van der Waals surface area contributed by atoms with Crippen molar-refractivity contribution in [2.24, 2.45) is 20.9 Å². The number of rotatable bonds is 17. The Morgan fingerprint density at radius 1 is 0.738 bits per heavy atom. The van der Waals surface area contributed by atoms with Crippen molar-refractivity contribution in [2.75, 3.05) is 13.7 Å². The van der Waals surface area contributed by atoms with Crippen molar-refractivity contribution in [1.29, 1.82) is 0 Å². The van der Waals surface area contributed by atoms with Crippen LogP contribution in [-0.2, 0) is 19.1 Å². The topological polar surface area (TPSA) is 143 Å².